The monoisotopic (exact) mass is 591 g/mol. The quantitative estimate of drug-likeness (QED) is 0.288. The van der Waals surface area contributed by atoms with Crippen molar-refractivity contribution in [3.05, 3.63) is 30.0 Å². The van der Waals surface area contributed by atoms with Crippen LogP contribution in [-0.2, 0) is 18.2 Å². The van der Waals surface area contributed by atoms with E-state index in [2.05, 4.69) is 44.8 Å². The zero-order chi connectivity index (χ0) is 30.4. The number of amides is 1. The molecular formula is C32H45N7O4. The molecule has 1 amide bonds. The molecule has 1 aliphatic carbocycles. The Morgan fingerprint density at radius 1 is 0.930 bits per heavy atom. The largest absolute Gasteiger partial charge is 0.490 e. The van der Waals surface area contributed by atoms with Gasteiger partial charge >= 0.3 is 6.09 Å². The maximum Gasteiger partial charge on any atom is 0.410 e. The first-order chi connectivity index (χ1) is 20.7. The third kappa shape index (κ3) is 8.00. The Balaban J connectivity index is 1.39. The maximum atomic E-state index is 12.5. The predicted molar refractivity (Wildman–Crippen MR) is 163 cm³/mol. The molecule has 2 aliphatic rings. The highest BCUT2D eigenvalue weighted by Gasteiger charge is 2.28. The summed E-state index contributed by atoms with van der Waals surface area (Å²) in [7, 11) is 1.84. The van der Waals surface area contributed by atoms with Gasteiger partial charge in [0.05, 0.1) is 17.4 Å². The number of benzene rings is 1. The molecule has 2 aromatic heterocycles. The molecule has 3 heterocycles. The highest BCUT2D eigenvalue weighted by Crippen LogP contribution is 2.37. The highest BCUT2D eigenvalue weighted by molar-refractivity contribution is 5.76. The van der Waals surface area contributed by atoms with Crippen LogP contribution in [0.1, 0.15) is 91.2 Å². The van der Waals surface area contributed by atoms with Crippen LogP contribution in [0.5, 0.6) is 11.6 Å². The second-order valence-electron chi connectivity index (χ2n) is 12.6. The van der Waals surface area contributed by atoms with Crippen molar-refractivity contribution in [3.8, 4) is 34.1 Å². The van der Waals surface area contributed by atoms with E-state index in [0.29, 0.717) is 37.6 Å². The molecule has 0 radical (unpaired) electrons. The number of unbranched alkanes of at least 4 members (excludes halogenated alkanes) is 1. The second kappa shape index (κ2) is 13.7. The molecule has 0 atom stereocenters. The Hall–Kier alpha value is -3.76. The molecule has 1 aromatic carbocycles. The molecule has 0 spiro atoms. The van der Waals surface area contributed by atoms with Crippen molar-refractivity contribution in [1.29, 1.82) is 0 Å². The fourth-order valence-corrected chi connectivity index (χ4v) is 5.68. The van der Waals surface area contributed by atoms with Crippen molar-refractivity contribution >= 4 is 6.09 Å². The number of piperidine rings is 1. The summed E-state index contributed by atoms with van der Waals surface area (Å²) in [4.78, 5) is 14.2. The summed E-state index contributed by atoms with van der Waals surface area (Å²) in [6, 6.07) is 8.21. The average molecular weight is 592 g/mol. The number of tetrazole rings is 1. The number of rotatable bonds is 9. The highest BCUT2D eigenvalue weighted by atomic mass is 16.6. The normalized spacial score (nSPS) is 16.7. The Kier molecular flexibility index (Phi) is 9.77. The van der Waals surface area contributed by atoms with Crippen LogP contribution in [0.2, 0.25) is 0 Å². The molecule has 5 rings (SSSR count). The lowest BCUT2D eigenvalue weighted by Gasteiger charge is -2.33. The molecule has 0 unspecified atom stereocenters. The zero-order valence-electron chi connectivity index (χ0n) is 26.2. The minimum Gasteiger partial charge on any atom is -0.490 e. The van der Waals surface area contributed by atoms with Gasteiger partial charge in [-0.1, -0.05) is 25.8 Å². The van der Waals surface area contributed by atoms with Crippen LogP contribution in [-0.4, -0.2) is 72.3 Å². The molecular weight excluding hydrogens is 546 g/mol. The fourth-order valence-electron chi connectivity index (χ4n) is 5.68. The SMILES string of the molecule is CCCCc1nnc(OC2CCN(C(=O)OC(C)(C)C)CC2)cc1-c1ccc(OC2CCCCC2)c(-c2nnnn2C)c1. The Morgan fingerprint density at radius 2 is 1.67 bits per heavy atom. The molecule has 2 fully saturated rings. The topological polar surface area (TPSA) is 117 Å². The van der Waals surface area contributed by atoms with Crippen LogP contribution < -0.4 is 9.47 Å². The standard InChI is InChI=1S/C32H45N7O4/c1-6-7-13-27-25(21-29(34-33-27)42-24-16-18-39(19-17-24)31(40)43-32(2,3)4)22-14-15-28(41-23-11-9-8-10-12-23)26(20-22)30-35-36-37-38(30)5/h14-15,20-21,23-24H,6-13,16-19H2,1-5H3. The first-order valence-corrected chi connectivity index (χ1v) is 15.7. The van der Waals surface area contributed by atoms with E-state index in [0.717, 1.165) is 60.2 Å². The lowest BCUT2D eigenvalue weighted by Crippen LogP contribution is -2.44. The fraction of sp³-hybridized carbons (Fsp3) is 0.625. The zero-order valence-corrected chi connectivity index (χ0v) is 26.2. The molecule has 232 valence electrons. The summed E-state index contributed by atoms with van der Waals surface area (Å²) in [6.45, 7) is 8.96. The molecule has 1 aliphatic heterocycles. The second-order valence-corrected chi connectivity index (χ2v) is 12.6. The van der Waals surface area contributed by atoms with Gasteiger partial charge in [-0.05, 0) is 87.4 Å². The van der Waals surface area contributed by atoms with Crippen LogP contribution in [0.15, 0.2) is 24.3 Å². The molecule has 11 heteroatoms. The number of aromatic nitrogens is 6. The number of carbonyl (C=O) groups is 1. The average Bonchev–Trinajstić information content (AvgIpc) is 3.42. The van der Waals surface area contributed by atoms with Crippen molar-refractivity contribution in [2.24, 2.45) is 7.05 Å². The molecule has 43 heavy (non-hydrogen) atoms. The molecule has 3 aromatic rings. The van der Waals surface area contributed by atoms with Gasteiger partial charge in [-0.25, -0.2) is 9.48 Å². The van der Waals surface area contributed by atoms with Crippen LogP contribution in [0.3, 0.4) is 0 Å². The van der Waals surface area contributed by atoms with E-state index in [-0.39, 0.29) is 18.3 Å². The van der Waals surface area contributed by atoms with E-state index < -0.39 is 5.60 Å². The van der Waals surface area contributed by atoms with Gasteiger partial charge in [0.15, 0.2) is 5.82 Å². The lowest BCUT2D eigenvalue weighted by molar-refractivity contribution is 0.0122. The number of nitrogens with zero attached hydrogens (tertiary/aromatic N) is 7. The molecule has 1 saturated carbocycles. The third-order valence-electron chi connectivity index (χ3n) is 7.99. The van der Waals surface area contributed by atoms with Gasteiger partial charge in [-0.3, -0.25) is 0 Å². The van der Waals surface area contributed by atoms with Gasteiger partial charge in [-0.15, -0.1) is 10.2 Å². The van der Waals surface area contributed by atoms with Crippen molar-refractivity contribution in [3.63, 3.8) is 0 Å². The minimum absolute atomic E-state index is 0.0612. The summed E-state index contributed by atoms with van der Waals surface area (Å²) in [6.07, 6.45) is 9.90. The van der Waals surface area contributed by atoms with E-state index in [4.69, 9.17) is 14.2 Å². The molecule has 1 saturated heterocycles. The summed E-state index contributed by atoms with van der Waals surface area (Å²) >= 11 is 0. The van der Waals surface area contributed by atoms with E-state index in [1.165, 1.54) is 19.3 Å². The van der Waals surface area contributed by atoms with Crippen molar-refractivity contribution in [2.45, 2.75) is 110 Å². The maximum absolute atomic E-state index is 12.5. The molecule has 0 N–H and O–H groups in total. The van der Waals surface area contributed by atoms with Crippen molar-refractivity contribution < 1.29 is 19.0 Å². The van der Waals surface area contributed by atoms with Gasteiger partial charge in [0, 0.05) is 44.6 Å². The Bertz CT molecular complexity index is 1370. The van der Waals surface area contributed by atoms with Crippen LogP contribution in [0, 0.1) is 0 Å². The predicted octanol–water partition coefficient (Wildman–Crippen LogP) is 6.17. The summed E-state index contributed by atoms with van der Waals surface area (Å²) in [5.41, 5.74) is 3.23. The summed E-state index contributed by atoms with van der Waals surface area (Å²) < 4.78 is 20.1. The minimum atomic E-state index is -0.515. The third-order valence-corrected chi connectivity index (χ3v) is 7.99. The van der Waals surface area contributed by atoms with E-state index in [9.17, 15) is 4.79 Å². The van der Waals surface area contributed by atoms with Gasteiger partial charge in [0.2, 0.25) is 5.88 Å². The number of aryl methyl sites for hydroxylation is 2. The van der Waals surface area contributed by atoms with Crippen molar-refractivity contribution in [1.82, 2.24) is 35.3 Å². The van der Waals surface area contributed by atoms with Gasteiger partial charge in [0.1, 0.15) is 17.5 Å². The number of ether oxygens (including phenoxy) is 3. The number of hydrogen-bond donors (Lipinski definition) is 0. The summed E-state index contributed by atoms with van der Waals surface area (Å²) in [5, 5.41) is 21.4. The Morgan fingerprint density at radius 3 is 2.35 bits per heavy atom. The van der Waals surface area contributed by atoms with E-state index >= 15 is 0 Å². The molecule has 11 nitrogen and oxygen atoms in total. The van der Waals surface area contributed by atoms with Gasteiger partial charge < -0.3 is 19.1 Å². The van der Waals surface area contributed by atoms with E-state index in [1.807, 2.05) is 40.0 Å². The van der Waals surface area contributed by atoms with Crippen LogP contribution in [0.4, 0.5) is 4.79 Å². The Labute approximate surface area is 254 Å². The number of hydrogen-bond acceptors (Lipinski definition) is 9. The van der Waals surface area contributed by atoms with Gasteiger partial charge in [0.25, 0.3) is 0 Å². The van der Waals surface area contributed by atoms with Crippen LogP contribution >= 0.6 is 0 Å². The summed E-state index contributed by atoms with van der Waals surface area (Å²) in [5.74, 6) is 1.92. The molecule has 0 bridgehead atoms. The lowest BCUT2D eigenvalue weighted by atomic mass is 9.97. The van der Waals surface area contributed by atoms with Crippen molar-refractivity contribution in [2.75, 3.05) is 13.1 Å². The smallest absolute Gasteiger partial charge is 0.410 e. The van der Waals surface area contributed by atoms with Crippen LogP contribution in [0.25, 0.3) is 22.5 Å². The number of carbonyl (C=O) groups excluding carboxylic acids is 1. The number of likely N-dealkylation sites (tertiary alicyclic amines) is 1. The first-order valence-electron chi connectivity index (χ1n) is 15.7. The first kappa shape index (κ1) is 30.7. The van der Waals surface area contributed by atoms with Gasteiger partial charge in [-0.2, -0.15) is 5.10 Å². The van der Waals surface area contributed by atoms with E-state index in [1.54, 1.807) is 9.58 Å².